The zero-order valence-electron chi connectivity index (χ0n) is 18.1. The first-order valence-corrected chi connectivity index (χ1v) is 10.3. The first-order chi connectivity index (χ1) is 14.3. The molecule has 0 aliphatic carbocycles. The number of aromatic nitrogens is 6. The molecule has 3 aromatic heterocycles. The fourth-order valence-corrected chi connectivity index (χ4v) is 3.91. The van der Waals surface area contributed by atoms with E-state index in [2.05, 4.69) is 39.3 Å². The van der Waals surface area contributed by atoms with Gasteiger partial charge in [0.15, 0.2) is 0 Å². The van der Waals surface area contributed by atoms with Gasteiger partial charge in [0.05, 0.1) is 11.1 Å². The number of amides is 1. The van der Waals surface area contributed by atoms with Gasteiger partial charge in [-0.1, -0.05) is 25.1 Å². The van der Waals surface area contributed by atoms with E-state index >= 15 is 0 Å². The van der Waals surface area contributed by atoms with Gasteiger partial charge in [0.2, 0.25) is 5.65 Å². The Hall–Kier alpha value is -3.29. The number of tetrazole rings is 1. The highest BCUT2D eigenvalue weighted by Crippen LogP contribution is 2.28. The fraction of sp³-hybridized carbons (Fsp3) is 0.409. The Kier molecular flexibility index (Phi) is 5.01. The third-order valence-electron chi connectivity index (χ3n) is 5.46. The number of hydrogen-bond donors (Lipinski definition) is 1. The Morgan fingerprint density at radius 2 is 1.90 bits per heavy atom. The van der Waals surface area contributed by atoms with E-state index in [1.807, 2.05) is 51.1 Å². The van der Waals surface area contributed by atoms with Crippen LogP contribution in [0.25, 0.3) is 16.7 Å². The summed E-state index contributed by atoms with van der Waals surface area (Å²) >= 11 is 0. The molecule has 0 spiro atoms. The van der Waals surface area contributed by atoms with E-state index in [0.717, 1.165) is 41.0 Å². The number of benzene rings is 1. The summed E-state index contributed by atoms with van der Waals surface area (Å²) in [5.41, 5.74) is 4.73. The average molecular weight is 406 g/mol. The number of aryl methyl sites for hydroxylation is 3. The van der Waals surface area contributed by atoms with Crippen molar-refractivity contribution in [3.05, 3.63) is 53.0 Å². The van der Waals surface area contributed by atoms with Crippen molar-refractivity contribution in [2.24, 2.45) is 0 Å². The second-order valence-electron chi connectivity index (χ2n) is 8.39. The van der Waals surface area contributed by atoms with Crippen molar-refractivity contribution >= 4 is 22.6 Å². The van der Waals surface area contributed by atoms with Crippen molar-refractivity contribution in [3.8, 4) is 0 Å². The third-order valence-corrected chi connectivity index (χ3v) is 5.46. The second-order valence-corrected chi connectivity index (χ2v) is 8.39. The Morgan fingerprint density at radius 3 is 2.60 bits per heavy atom. The molecular formula is C22H27N7O. The lowest BCUT2D eigenvalue weighted by Gasteiger charge is -2.28. The normalized spacial score (nSPS) is 12.0. The van der Waals surface area contributed by atoms with E-state index in [9.17, 15) is 4.79 Å². The summed E-state index contributed by atoms with van der Waals surface area (Å²) in [6.45, 7) is 10.9. The molecule has 0 unspecified atom stereocenters. The van der Waals surface area contributed by atoms with Crippen LogP contribution in [0.3, 0.4) is 0 Å². The molecule has 156 valence electrons. The lowest BCUT2D eigenvalue weighted by atomic mass is 10.0. The van der Waals surface area contributed by atoms with Crippen LogP contribution in [0.5, 0.6) is 0 Å². The summed E-state index contributed by atoms with van der Waals surface area (Å²) in [4.78, 5) is 17.7. The topological polar surface area (TPSA) is 90.0 Å². The molecule has 0 aliphatic heterocycles. The number of hydrogen-bond acceptors (Lipinski definition) is 5. The summed E-state index contributed by atoms with van der Waals surface area (Å²) in [5, 5.41) is 15.3. The van der Waals surface area contributed by atoms with Gasteiger partial charge in [-0.2, -0.15) is 4.52 Å². The van der Waals surface area contributed by atoms with Gasteiger partial charge in [0.25, 0.3) is 5.91 Å². The SMILES string of the molecule is CCCc1nc2c(c(C)c(C)n3nnnc23)n1CC(C)(C)NC(=O)c1ccccc1. The van der Waals surface area contributed by atoms with Crippen LogP contribution in [0.2, 0.25) is 0 Å². The van der Waals surface area contributed by atoms with E-state index in [4.69, 9.17) is 4.98 Å². The van der Waals surface area contributed by atoms with E-state index in [1.165, 1.54) is 0 Å². The maximum absolute atomic E-state index is 12.8. The third kappa shape index (κ3) is 3.42. The Balaban J connectivity index is 1.78. The lowest BCUT2D eigenvalue weighted by Crippen LogP contribution is -2.46. The monoisotopic (exact) mass is 405 g/mol. The number of nitrogens with one attached hydrogen (secondary N) is 1. The first kappa shape index (κ1) is 20.0. The van der Waals surface area contributed by atoms with Crippen LogP contribution < -0.4 is 5.32 Å². The molecule has 0 aliphatic rings. The second kappa shape index (κ2) is 7.51. The van der Waals surface area contributed by atoms with E-state index in [1.54, 1.807) is 4.52 Å². The molecule has 0 radical (unpaired) electrons. The number of rotatable bonds is 6. The maximum Gasteiger partial charge on any atom is 0.251 e. The Morgan fingerprint density at radius 1 is 1.17 bits per heavy atom. The van der Waals surface area contributed by atoms with Crippen molar-refractivity contribution in [3.63, 3.8) is 0 Å². The zero-order valence-corrected chi connectivity index (χ0v) is 18.1. The molecule has 1 amide bonds. The minimum Gasteiger partial charge on any atom is -0.345 e. The molecule has 4 aromatic rings. The minimum atomic E-state index is -0.485. The van der Waals surface area contributed by atoms with Gasteiger partial charge in [-0.15, -0.1) is 5.10 Å². The summed E-state index contributed by atoms with van der Waals surface area (Å²) in [7, 11) is 0. The molecule has 30 heavy (non-hydrogen) atoms. The van der Waals surface area contributed by atoms with Crippen LogP contribution in [-0.2, 0) is 13.0 Å². The molecule has 0 saturated carbocycles. The van der Waals surface area contributed by atoms with Gasteiger partial charge in [0, 0.05) is 24.2 Å². The standard InChI is InChI=1S/C22H27N7O/c1-6-10-17-23-18-19(14(2)15(3)29-20(18)25-26-27-29)28(17)13-22(4,5)24-21(30)16-11-8-7-9-12-16/h7-9,11-12H,6,10,13H2,1-5H3,(H,24,30). The number of carbonyl (C=O) groups is 1. The van der Waals surface area contributed by atoms with Crippen LogP contribution in [0.15, 0.2) is 30.3 Å². The van der Waals surface area contributed by atoms with Gasteiger partial charge in [-0.25, -0.2) is 4.98 Å². The van der Waals surface area contributed by atoms with Crippen LogP contribution in [-0.4, -0.2) is 41.0 Å². The van der Waals surface area contributed by atoms with Crippen molar-refractivity contribution < 1.29 is 4.79 Å². The number of fused-ring (bicyclic) bond motifs is 3. The molecule has 0 fully saturated rings. The predicted octanol–water partition coefficient (Wildman–Crippen LogP) is 3.25. The van der Waals surface area contributed by atoms with Crippen molar-refractivity contribution in [1.29, 1.82) is 0 Å². The molecule has 1 N–H and O–H groups in total. The Bertz CT molecular complexity index is 1220. The highest BCUT2D eigenvalue weighted by molar-refractivity contribution is 5.94. The quantitative estimate of drug-likeness (QED) is 0.532. The van der Waals surface area contributed by atoms with Crippen molar-refractivity contribution in [2.75, 3.05) is 0 Å². The molecule has 3 heterocycles. The summed E-state index contributed by atoms with van der Waals surface area (Å²) in [6.07, 6.45) is 1.81. The lowest BCUT2D eigenvalue weighted by molar-refractivity contribution is 0.0905. The number of carbonyl (C=O) groups excluding carboxylic acids is 1. The first-order valence-electron chi connectivity index (χ1n) is 10.3. The van der Waals surface area contributed by atoms with Crippen LogP contribution in [0.4, 0.5) is 0 Å². The smallest absolute Gasteiger partial charge is 0.251 e. The molecule has 8 nitrogen and oxygen atoms in total. The van der Waals surface area contributed by atoms with E-state index in [-0.39, 0.29) is 5.91 Å². The average Bonchev–Trinajstić information content (AvgIpc) is 3.32. The van der Waals surface area contributed by atoms with Gasteiger partial charge in [-0.3, -0.25) is 4.79 Å². The highest BCUT2D eigenvalue weighted by atomic mass is 16.1. The molecule has 4 rings (SSSR count). The summed E-state index contributed by atoms with van der Waals surface area (Å²) in [5.74, 6) is 0.896. The molecule has 1 aromatic carbocycles. The van der Waals surface area contributed by atoms with E-state index in [0.29, 0.717) is 17.8 Å². The molecule has 0 atom stereocenters. The predicted molar refractivity (Wildman–Crippen MR) is 116 cm³/mol. The molecule has 0 bridgehead atoms. The van der Waals surface area contributed by atoms with Crippen molar-refractivity contribution in [1.82, 2.24) is 34.9 Å². The maximum atomic E-state index is 12.8. The molecule has 8 heteroatoms. The largest absolute Gasteiger partial charge is 0.345 e. The van der Waals surface area contributed by atoms with Gasteiger partial charge in [0.1, 0.15) is 11.3 Å². The summed E-state index contributed by atoms with van der Waals surface area (Å²) in [6, 6.07) is 9.29. The van der Waals surface area contributed by atoms with Crippen LogP contribution in [0, 0.1) is 13.8 Å². The minimum absolute atomic E-state index is 0.0842. The highest BCUT2D eigenvalue weighted by Gasteiger charge is 2.27. The van der Waals surface area contributed by atoms with Crippen LogP contribution in [0.1, 0.15) is 54.6 Å². The van der Waals surface area contributed by atoms with Gasteiger partial charge in [-0.05, 0) is 62.2 Å². The summed E-state index contributed by atoms with van der Waals surface area (Å²) < 4.78 is 3.97. The molecule has 0 saturated heterocycles. The Labute approximate surface area is 175 Å². The van der Waals surface area contributed by atoms with E-state index < -0.39 is 5.54 Å². The molecular weight excluding hydrogens is 378 g/mol. The van der Waals surface area contributed by atoms with Crippen molar-refractivity contribution in [2.45, 2.75) is 59.5 Å². The van der Waals surface area contributed by atoms with Gasteiger partial charge >= 0.3 is 0 Å². The van der Waals surface area contributed by atoms with Gasteiger partial charge < -0.3 is 9.88 Å². The zero-order chi connectivity index (χ0) is 21.5. The number of nitrogens with zero attached hydrogens (tertiary/aromatic N) is 6. The number of imidazole rings is 1. The fourth-order valence-electron chi connectivity index (χ4n) is 3.91. The van der Waals surface area contributed by atoms with Crippen LogP contribution >= 0.6 is 0 Å². The number of pyridine rings is 1.